The molecule has 0 saturated carbocycles. The Kier molecular flexibility index (Phi) is 4.76. The lowest BCUT2D eigenvalue weighted by molar-refractivity contribution is 0.581. The highest BCUT2D eigenvalue weighted by molar-refractivity contribution is 9.09. The quantitative estimate of drug-likeness (QED) is 0.667. The van der Waals surface area contributed by atoms with Crippen LogP contribution in [0.15, 0.2) is 29.2 Å². The van der Waals surface area contributed by atoms with Crippen molar-refractivity contribution in [3.05, 3.63) is 29.8 Å². The second-order valence-electron chi connectivity index (χ2n) is 3.25. The summed E-state index contributed by atoms with van der Waals surface area (Å²) in [6, 6.07) is 6.82. The van der Waals surface area contributed by atoms with Gasteiger partial charge < -0.3 is 0 Å². The van der Waals surface area contributed by atoms with Crippen LogP contribution in [-0.2, 0) is 10.0 Å². The number of alkyl halides is 1. The van der Waals surface area contributed by atoms with E-state index >= 15 is 0 Å². The van der Waals surface area contributed by atoms with Gasteiger partial charge in [0.2, 0.25) is 10.0 Å². The molecule has 1 aromatic rings. The van der Waals surface area contributed by atoms with Crippen LogP contribution >= 0.6 is 15.9 Å². The molecule has 1 N–H and O–H groups in total. The van der Waals surface area contributed by atoms with Crippen LogP contribution in [0.3, 0.4) is 0 Å². The molecule has 0 aliphatic rings. The number of hydrogen-bond donors (Lipinski definition) is 1. The van der Waals surface area contributed by atoms with E-state index in [9.17, 15) is 8.42 Å². The van der Waals surface area contributed by atoms with Gasteiger partial charge in [-0.05, 0) is 25.5 Å². The van der Waals surface area contributed by atoms with Crippen LogP contribution in [0, 0.1) is 6.92 Å². The molecule has 0 bridgehead atoms. The lowest BCUT2D eigenvalue weighted by atomic mass is 10.2. The third kappa shape index (κ3) is 3.93. The third-order valence-corrected chi connectivity index (χ3v) is 3.97. The molecule has 0 unspecified atom stereocenters. The van der Waals surface area contributed by atoms with E-state index in [1.165, 1.54) is 0 Å². The van der Waals surface area contributed by atoms with Gasteiger partial charge in [0.25, 0.3) is 0 Å². The molecule has 1 rings (SSSR count). The lowest BCUT2D eigenvalue weighted by Crippen LogP contribution is -2.24. The van der Waals surface area contributed by atoms with Gasteiger partial charge in [0, 0.05) is 11.9 Å². The normalized spacial score (nSPS) is 11.6. The van der Waals surface area contributed by atoms with E-state index < -0.39 is 10.0 Å². The molecule has 0 atom stereocenters. The van der Waals surface area contributed by atoms with Crippen molar-refractivity contribution in [3.63, 3.8) is 0 Å². The van der Waals surface area contributed by atoms with Crippen molar-refractivity contribution in [2.45, 2.75) is 18.2 Å². The Balaban J connectivity index is 2.73. The summed E-state index contributed by atoms with van der Waals surface area (Å²) >= 11 is 3.25. The molecule has 0 radical (unpaired) electrons. The van der Waals surface area contributed by atoms with Crippen molar-refractivity contribution in [1.82, 2.24) is 4.72 Å². The van der Waals surface area contributed by atoms with Crippen LogP contribution in [-0.4, -0.2) is 20.3 Å². The molecule has 0 aliphatic carbocycles. The molecule has 3 nitrogen and oxygen atoms in total. The fourth-order valence-electron chi connectivity index (χ4n) is 1.07. The zero-order chi connectivity index (χ0) is 11.3. The Morgan fingerprint density at radius 1 is 1.27 bits per heavy atom. The Hall–Kier alpha value is -0.390. The van der Waals surface area contributed by atoms with Gasteiger partial charge in [-0.25, -0.2) is 13.1 Å². The van der Waals surface area contributed by atoms with Gasteiger partial charge in [-0.3, -0.25) is 0 Å². The molecule has 0 amide bonds. The van der Waals surface area contributed by atoms with Gasteiger partial charge in [-0.2, -0.15) is 0 Å². The predicted octanol–water partition coefficient (Wildman–Crippen LogP) is 2.06. The first-order valence-electron chi connectivity index (χ1n) is 4.68. The Morgan fingerprint density at radius 3 is 2.40 bits per heavy atom. The maximum Gasteiger partial charge on any atom is 0.240 e. The summed E-state index contributed by atoms with van der Waals surface area (Å²) in [5.41, 5.74) is 1.05. The van der Waals surface area contributed by atoms with Crippen LogP contribution in [0.2, 0.25) is 0 Å². The highest BCUT2D eigenvalue weighted by atomic mass is 79.9. The van der Waals surface area contributed by atoms with Crippen LogP contribution in [0.25, 0.3) is 0 Å². The van der Waals surface area contributed by atoms with Crippen LogP contribution in [0.1, 0.15) is 12.0 Å². The SMILES string of the molecule is Cc1ccc(S(=O)(=O)NCCCBr)cc1. The minimum Gasteiger partial charge on any atom is -0.211 e. The van der Waals surface area contributed by atoms with Gasteiger partial charge in [-0.15, -0.1) is 0 Å². The largest absolute Gasteiger partial charge is 0.240 e. The average molecular weight is 292 g/mol. The summed E-state index contributed by atoms with van der Waals surface area (Å²) in [5, 5.41) is 0.795. The highest BCUT2D eigenvalue weighted by Gasteiger charge is 2.11. The molecule has 0 aromatic heterocycles. The number of aryl methyl sites for hydroxylation is 1. The van der Waals surface area contributed by atoms with E-state index in [0.29, 0.717) is 11.4 Å². The van der Waals surface area contributed by atoms with E-state index in [1.807, 2.05) is 6.92 Å². The van der Waals surface area contributed by atoms with Crippen LogP contribution in [0.5, 0.6) is 0 Å². The zero-order valence-electron chi connectivity index (χ0n) is 8.53. The zero-order valence-corrected chi connectivity index (χ0v) is 10.9. The number of rotatable bonds is 5. The standard InChI is InChI=1S/C10H14BrNO2S/c1-9-3-5-10(6-4-9)15(13,14)12-8-2-7-11/h3-6,12H,2,7-8H2,1H3. The van der Waals surface area contributed by atoms with Crippen molar-refractivity contribution in [3.8, 4) is 0 Å². The summed E-state index contributed by atoms with van der Waals surface area (Å²) in [6.45, 7) is 2.39. The first kappa shape index (κ1) is 12.7. The van der Waals surface area contributed by atoms with Crippen molar-refractivity contribution in [2.75, 3.05) is 11.9 Å². The van der Waals surface area contributed by atoms with Crippen molar-refractivity contribution < 1.29 is 8.42 Å². The summed E-state index contributed by atoms with van der Waals surface area (Å²) in [4.78, 5) is 0.322. The van der Waals surface area contributed by atoms with E-state index in [4.69, 9.17) is 0 Å². The molecule has 0 heterocycles. The Labute approximate surface area is 99.1 Å². The van der Waals surface area contributed by atoms with Gasteiger partial charge in [0.05, 0.1) is 4.90 Å². The van der Waals surface area contributed by atoms with E-state index in [1.54, 1.807) is 24.3 Å². The van der Waals surface area contributed by atoms with E-state index in [2.05, 4.69) is 20.7 Å². The summed E-state index contributed by atoms with van der Waals surface area (Å²) in [6.07, 6.45) is 0.783. The number of halogens is 1. The first-order chi connectivity index (χ1) is 7.06. The third-order valence-electron chi connectivity index (χ3n) is 1.93. The number of benzene rings is 1. The van der Waals surface area contributed by atoms with Gasteiger partial charge in [-0.1, -0.05) is 33.6 Å². The van der Waals surface area contributed by atoms with Gasteiger partial charge >= 0.3 is 0 Å². The van der Waals surface area contributed by atoms with Crippen LogP contribution < -0.4 is 4.72 Å². The molecular weight excluding hydrogens is 278 g/mol. The highest BCUT2D eigenvalue weighted by Crippen LogP contribution is 2.09. The molecule has 0 spiro atoms. The molecule has 84 valence electrons. The molecular formula is C10H14BrNO2S. The predicted molar refractivity (Wildman–Crippen MR) is 64.8 cm³/mol. The number of nitrogens with one attached hydrogen (secondary N) is 1. The molecule has 5 heteroatoms. The van der Waals surface area contributed by atoms with Crippen molar-refractivity contribution in [2.24, 2.45) is 0 Å². The van der Waals surface area contributed by atoms with Crippen molar-refractivity contribution in [1.29, 1.82) is 0 Å². The monoisotopic (exact) mass is 291 g/mol. The fourth-order valence-corrected chi connectivity index (χ4v) is 2.43. The average Bonchev–Trinajstić information content (AvgIpc) is 2.18. The second-order valence-corrected chi connectivity index (χ2v) is 5.81. The van der Waals surface area contributed by atoms with Crippen LogP contribution in [0.4, 0.5) is 0 Å². The fraction of sp³-hybridized carbons (Fsp3) is 0.400. The molecule has 15 heavy (non-hydrogen) atoms. The molecule has 0 aliphatic heterocycles. The Morgan fingerprint density at radius 2 is 1.87 bits per heavy atom. The minimum absolute atomic E-state index is 0.322. The minimum atomic E-state index is -3.32. The second kappa shape index (κ2) is 5.63. The maximum atomic E-state index is 11.7. The summed E-state index contributed by atoms with van der Waals surface area (Å²) in [7, 11) is -3.32. The van der Waals surface area contributed by atoms with Crippen molar-refractivity contribution >= 4 is 26.0 Å². The van der Waals surface area contributed by atoms with E-state index in [0.717, 1.165) is 17.3 Å². The maximum absolute atomic E-state index is 11.7. The lowest BCUT2D eigenvalue weighted by Gasteiger charge is -2.05. The smallest absolute Gasteiger partial charge is 0.211 e. The number of sulfonamides is 1. The summed E-state index contributed by atoms with van der Waals surface area (Å²) < 4.78 is 25.9. The van der Waals surface area contributed by atoms with Gasteiger partial charge in [0.1, 0.15) is 0 Å². The molecule has 0 fully saturated rings. The van der Waals surface area contributed by atoms with E-state index in [-0.39, 0.29) is 0 Å². The topological polar surface area (TPSA) is 46.2 Å². The Bertz CT molecular complexity index is 400. The first-order valence-corrected chi connectivity index (χ1v) is 7.29. The number of hydrogen-bond acceptors (Lipinski definition) is 2. The summed E-state index contributed by atoms with van der Waals surface area (Å²) in [5.74, 6) is 0. The molecule has 0 saturated heterocycles. The molecule has 1 aromatic carbocycles. The van der Waals surface area contributed by atoms with Gasteiger partial charge in [0.15, 0.2) is 0 Å².